The van der Waals surface area contributed by atoms with E-state index in [1.165, 1.54) is 18.7 Å². The number of piperidine rings is 1. The van der Waals surface area contributed by atoms with Crippen LogP contribution in [0.15, 0.2) is 29.3 Å². The van der Waals surface area contributed by atoms with Crippen LogP contribution in [0.1, 0.15) is 64.0 Å². The molecule has 0 radical (unpaired) electrons. The molecule has 0 bridgehead atoms. The highest BCUT2D eigenvalue weighted by Gasteiger charge is 2.27. The predicted molar refractivity (Wildman–Crippen MR) is 106 cm³/mol. The molecule has 146 valence electrons. The van der Waals surface area contributed by atoms with E-state index in [2.05, 4.69) is 46.5 Å². The second-order valence-corrected chi connectivity index (χ2v) is 9.19. The average molecular weight is 370 g/mol. The molecule has 2 aliphatic rings. The van der Waals surface area contributed by atoms with Gasteiger partial charge in [0.05, 0.1) is 12.2 Å². The Bertz CT molecular complexity index is 835. The molecule has 0 amide bonds. The molecule has 2 aromatic rings. The number of rotatable bonds is 5. The van der Waals surface area contributed by atoms with Crippen molar-refractivity contribution in [2.45, 2.75) is 71.0 Å². The van der Waals surface area contributed by atoms with Gasteiger partial charge in [0.15, 0.2) is 0 Å². The second kappa shape index (κ2) is 7.23. The Kier molecular flexibility index (Phi) is 4.93. The van der Waals surface area contributed by atoms with Crippen molar-refractivity contribution in [2.24, 2.45) is 5.92 Å². The quantitative estimate of drug-likeness (QED) is 0.813. The molecule has 6 heteroatoms. The van der Waals surface area contributed by atoms with Crippen LogP contribution in [0.3, 0.4) is 0 Å². The Hall–Kier alpha value is -1.95. The molecule has 1 saturated carbocycles. The molecule has 1 saturated heterocycles. The summed E-state index contributed by atoms with van der Waals surface area (Å²) in [6, 6.07) is 4.22. The Morgan fingerprint density at radius 2 is 1.85 bits per heavy atom. The monoisotopic (exact) mass is 369 g/mol. The molecule has 2 aromatic heterocycles. The highest BCUT2D eigenvalue weighted by Crippen LogP contribution is 2.35. The van der Waals surface area contributed by atoms with Crippen molar-refractivity contribution in [1.29, 1.82) is 0 Å². The lowest BCUT2D eigenvalue weighted by atomic mass is 9.92. The van der Waals surface area contributed by atoms with Gasteiger partial charge in [0.2, 0.25) is 0 Å². The summed E-state index contributed by atoms with van der Waals surface area (Å²) in [6.45, 7) is 10.2. The molecule has 1 aliphatic carbocycles. The first-order chi connectivity index (χ1) is 12.9. The third-order valence-electron chi connectivity index (χ3n) is 5.83. The molecule has 3 heterocycles. The van der Waals surface area contributed by atoms with E-state index in [9.17, 15) is 4.79 Å². The average Bonchev–Trinajstić information content (AvgIpc) is 3.37. The number of likely N-dealkylation sites (tertiary alicyclic amines) is 1. The van der Waals surface area contributed by atoms with Gasteiger partial charge in [0.25, 0.3) is 5.56 Å². The summed E-state index contributed by atoms with van der Waals surface area (Å²) >= 11 is 0. The van der Waals surface area contributed by atoms with Crippen LogP contribution in [0.4, 0.5) is 0 Å². The first kappa shape index (κ1) is 18.4. The van der Waals surface area contributed by atoms with Gasteiger partial charge in [-0.3, -0.25) is 9.69 Å². The van der Waals surface area contributed by atoms with Gasteiger partial charge in [-0.05, 0) is 50.8 Å². The lowest BCUT2D eigenvalue weighted by Crippen LogP contribution is -2.37. The van der Waals surface area contributed by atoms with Gasteiger partial charge in [-0.1, -0.05) is 20.8 Å². The first-order valence-corrected chi connectivity index (χ1v) is 10.2. The van der Waals surface area contributed by atoms with Crippen molar-refractivity contribution in [2.75, 3.05) is 13.1 Å². The van der Waals surface area contributed by atoms with Crippen LogP contribution in [0.2, 0.25) is 0 Å². The van der Waals surface area contributed by atoms with Gasteiger partial charge in [-0.15, -0.1) is 0 Å². The molecular weight excluding hydrogens is 338 g/mol. The smallest absolute Gasteiger partial charge is 0.266 e. The summed E-state index contributed by atoms with van der Waals surface area (Å²) < 4.78 is 4.04. The highest BCUT2D eigenvalue weighted by atomic mass is 16.1. The van der Waals surface area contributed by atoms with E-state index in [1.807, 2.05) is 12.3 Å². The maximum Gasteiger partial charge on any atom is 0.266 e. The molecule has 4 rings (SSSR count). The summed E-state index contributed by atoms with van der Waals surface area (Å²) in [7, 11) is 0. The molecule has 1 aliphatic heterocycles. The lowest BCUT2D eigenvalue weighted by molar-refractivity contribution is 0.158. The van der Waals surface area contributed by atoms with Crippen molar-refractivity contribution in [3.8, 4) is 0 Å². The van der Waals surface area contributed by atoms with Crippen LogP contribution in [0, 0.1) is 5.92 Å². The number of hydrogen-bond acceptors (Lipinski definition) is 4. The fourth-order valence-corrected chi connectivity index (χ4v) is 3.90. The Labute approximate surface area is 161 Å². The zero-order chi connectivity index (χ0) is 19.0. The Balaban J connectivity index is 1.34. The largest absolute Gasteiger partial charge is 0.331 e. The van der Waals surface area contributed by atoms with Crippen molar-refractivity contribution in [3.63, 3.8) is 0 Å². The first-order valence-electron chi connectivity index (χ1n) is 10.2. The second-order valence-electron chi connectivity index (χ2n) is 9.19. The van der Waals surface area contributed by atoms with E-state index in [-0.39, 0.29) is 11.0 Å². The zero-order valence-electron chi connectivity index (χ0n) is 16.8. The van der Waals surface area contributed by atoms with Crippen molar-refractivity contribution in [3.05, 3.63) is 46.4 Å². The predicted octanol–water partition coefficient (Wildman–Crippen LogP) is 2.98. The van der Waals surface area contributed by atoms with Gasteiger partial charge in [0, 0.05) is 36.5 Å². The topological polar surface area (TPSA) is 56.0 Å². The summed E-state index contributed by atoms with van der Waals surface area (Å²) in [5.41, 5.74) is 0.950. The lowest BCUT2D eigenvalue weighted by Gasteiger charge is -2.32. The normalized spacial score (nSPS) is 19.5. The van der Waals surface area contributed by atoms with Crippen LogP contribution in [-0.2, 0) is 18.5 Å². The molecular formula is C21H31N5O. The van der Waals surface area contributed by atoms with E-state index in [4.69, 9.17) is 0 Å². The van der Waals surface area contributed by atoms with Crippen molar-refractivity contribution in [1.82, 2.24) is 24.2 Å². The SMILES string of the molecule is CC(C)(C)c1ccc(=O)n(CC2CCN(Cc3nccn3C3CC3)CC2)n1. The summed E-state index contributed by atoms with van der Waals surface area (Å²) in [5, 5.41) is 4.63. The number of nitrogens with zero attached hydrogens (tertiary/aromatic N) is 5. The Morgan fingerprint density at radius 1 is 1.11 bits per heavy atom. The fraction of sp³-hybridized carbons (Fsp3) is 0.667. The van der Waals surface area contributed by atoms with E-state index in [1.54, 1.807) is 10.7 Å². The molecule has 0 atom stereocenters. The molecule has 0 aromatic carbocycles. The van der Waals surface area contributed by atoms with Crippen LogP contribution in [-0.4, -0.2) is 37.3 Å². The van der Waals surface area contributed by atoms with E-state index in [0.717, 1.165) is 44.7 Å². The number of imidazole rings is 1. The van der Waals surface area contributed by atoms with Crippen molar-refractivity contribution < 1.29 is 0 Å². The molecule has 6 nitrogen and oxygen atoms in total. The number of hydrogen-bond donors (Lipinski definition) is 0. The van der Waals surface area contributed by atoms with Crippen LogP contribution in [0.5, 0.6) is 0 Å². The van der Waals surface area contributed by atoms with E-state index in [0.29, 0.717) is 12.0 Å². The summed E-state index contributed by atoms with van der Waals surface area (Å²) in [6.07, 6.45) is 8.86. The molecule has 27 heavy (non-hydrogen) atoms. The maximum atomic E-state index is 12.2. The van der Waals surface area contributed by atoms with E-state index >= 15 is 0 Å². The minimum atomic E-state index is -0.0394. The summed E-state index contributed by atoms with van der Waals surface area (Å²) in [5.74, 6) is 1.72. The fourth-order valence-electron chi connectivity index (χ4n) is 3.90. The van der Waals surface area contributed by atoms with Gasteiger partial charge < -0.3 is 4.57 Å². The van der Waals surface area contributed by atoms with Crippen LogP contribution < -0.4 is 5.56 Å². The minimum absolute atomic E-state index is 0.0110. The molecule has 2 fully saturated rings. The van der Waals surface area contributed by atoms with Crippen LogP contribution in [0.25, 0.3) is 0 Å². The van der Waals surface area contributed by atoms with Gasteiger partial charge in [-0.2, -0.15) is 5.10 Å². The highest BCUT2D eigenvalue weighted by molar-refractivity contribution is 5.10. The van der Waals surface area contributed by atoms with Gasteiger partial charge in [0.1, 0.15) is 5.82 Å². The number of aromatic nitrogens is 4. The molecule has 0 spiro atoms. The van der Waals surface area contributed by atoms with Crippen LogP contribution >= 0.6 is 0 Å². The molecule has 0 unspecified atom stereocenters. The molecule has 0 N–H and O–H groups in total. The standard InChI is InChI=1S/C21H31N5O/c1-21(2,3)18-6-7-20(27)26(23-18)14-16-8-11-24(12-9-16)15-19-22-10-13-25(19)17-4-5-17/h6-7,10,13,16-17H,4-5,8-9,11-12,14-15H2,1-3H3. The van der Waals surface area contributed by atoms with E-state index < -0.39 is 0 Å². The Morgan fingerprint density at radius 3 is 2.52 bits per heavy atom. The van der Waals surface area contributed by atoms with Gasteiger partial charge >= 0.3 is 0 Å². The minimum Gasteiger partial charge on any atom is -0.331 e. The van der Waals surface area contributed by atoms with Gasteiger partial charge in [-0.25, -0.2) is 9.67 Å². The third kappa shape index (κ3) is 4.32. The maximum absolute atomic E-state index is 12.2. The van der Waals surface area contributed by atoms with Crippen molar-refractivity contribution >= 4 is 0 Å². The third-order valence-corrected chi connectivity index (χ3v) is 5.83. The summed E-state index contributed by atoms with van der Waals surface area (Å²) in [4.78, 5) is 19.3. The zero-order valence-corrected chi connectivity index (χ0v) is 16.8.